The van der Waals surface area contributed by atoms with Crippen LogP contribution in [0.4, 0.5) is 4.39 Å². The van der Waals surface area contributed by atoms with Crippen molar-refractivity contribution in [1.82, 2.24) is 9.21 Å². The van der Waals surface area contributed by atoms with E-state index in [2.05, 4.69) is 18.5 Å². The summed E-state index contributed by atoms with van der Waals surface area (Å²) in [5.41, 5.74) is 0. The molecule has 0 aromatic heterocycles. The van der Waals surface area contributed by atoms with Crippen molar-refractivity contribution >= 4 is 10.0 Å². The fraction of sp³-hybridized carbons (Fsp3) is 0.652. The van der Waals surface area contributed by atoms with Crippen LogP contribution in [-0.4, -0.2) is 63.6 Å². The minimum Gasteiger partial charge on any atom is -0.378 e. The van der Waals surface area contributed by atoms with Gasteiger partial charge < -0.3 is 9.64 Å². The van der Waals surface area contributed by atoms with Gasteiger partial charge in [0.15, 0.2) is 0 Å². The molecule has 1 aliphatic rings. The molecule has 0 unspecified atom stereocenters. The number of ether oxygens (including phenoxy) is 1. The molecule has 5 nitrogen and oxygen atoms in total. The molecule has 0 radical (unpaired) electrons. The monoisotopic (exact) mass is 440 g/mol. The lowest BCUT2D eigenvalue weighted by Crippen LogP contribution is -2.40. The van der Waals surface area contributed by atoms with Gasteiger partial charge >= 0.3 is 0 Å². The Morgan fingerprint density at radius 3 is 2.33 bits per heavy atom. The maximum Gasteiger partial charge on any atom is 0.243 e. The summed E-state index contributed by atoms with van der Waals surface area (Å²) >= 11 is 0. The maximum absolute atomic E-state index is 13.1. The number of sulfonamides is 1. The quantitative estimate of drug-likeness (QED) is 0.336. The minimum atomic E-state index is -3.60. The average molecular weight is 441 g/mol. The Kier molecular flexibility index (Phi) is 10.4. The number of likely N-dealkylation sites (N-methyl/N-ethyl adjacent to an activating group) is 1. The molecule has 1 aromatic rings. The van der Waals surface area contributed by atoms with Crippen molar-refractivity contribution in [3.8, 4) is 0 Å². The largest absolute Gasteiger partial charge is 0.378 e. The van der Waals surface area contributed by atoms with E-state index >= 15 is 0 Å². The highest BCUT2D eigenvalue weighted by atomic mass is 32.2. The van der Waals surface area contributed by atoms with Crippen molar-refractivity contribution < 1.29 is 17.5 Å². The number of benzene rings is 1. The molecule has 0 bridgehead atoms. The zero-order valence-electron chi connectivity index (χ0n) is 18.4. The van der Waals surface area contributed by atoms with Gasteiger partial charge in [0.25, 0.3) is 0 Å². The standard InChI is InChI=1S/C23H37FN2O3S/c1-4-17-25(2)18-7-5-6-8-19-29-22-13-11-21(12-14-22)26(3)30(27,28)23-15-9-20(24)10-16-23/h4,9-10,15-16,21-22H,1,5-8,11-14,17-19H2,2-3H3/t21-,22-. The lowest BCUT2D eigenvalue weighted by Gasteiger charge is -2.34. The molecule has 0 N–H and O–H groups in total. The molecule has 0 atom stereocenters. The second kappa shape index (κ2) is 12.5. The van der Waals surface area contributed by atoms with Crippen LogP contribution < -0.4 is 0 Å². The van der Waals surface area contributed by atoms with Gasteiger partial charge in [0, 0.05) is 26.2 Å². The van der Waals surface area contributed by atoms with E-state index in [0.29, 0.717) is 0 Å². The van der Waals surface area contributed by atoms with Crippen molar-refractivity contribution in [1.29, 1.82) is 0 Å². The van der Waals surface area contributed by atoms with Crippen LogP contribution >= 0.6 is 0 Å². The molecule has 30 heavy (non-hydrogen) atoms. The molecule has 1 aliphatic carbocycles. The van der Waals surface area contributed by atoms with E-state index in [0.717, 1.165) is 51.8 Å². The molecule has 2 rings (SSSR count). The third kappa shape index (κ3) is 7.76. The zero-order chi connectivity index (χ0) is 22.0. The van der Waals surface area contributed by atoms with E-state index in [-0.39, 0.29) is 17.0 Å². The molecule has 0 aliphatic heterocycles. The second-order valence-corrected chi connectivity index (χ2v) is 10.2. The van der Waals surface area contributed by atoms with Crippen molar-refractivity contribution in [3.05, 3.63) is 42.7 Å². The average Bonchev–Trinajstić information content (AvgIpc) is 2.73. The van der Waals surface area contributed by atoms with Gasteiger partial charge in [-0.1, -0.05) is 18.9 Å². The molecule has 1 saturated carbocycles. The summed E-state index contributed by atoms with van der Waals surface area (Å²) in [7, 11) is 0.141. The van der Waals surface area contributed by atoms with Crippen molar-refractivity contribution in [2.75, 3.05) is 33.8 Å². The number of nitrogens with zero attached hydrogens (tertiary/aromatic N) is 2. The Morgan fingerprint density at radius 2 is 1.70 bits per heavy atom. The van der Waals surface area contributed by atoms with Crippen molar-refractivity contribution in [2.45, 2.75) is 68.4 Å². The summed E-state index contributed by atoms with van der Waals surface area (Å²) in [6.07, 6.45) is 10.1. The number of hydrogen-bond donors (Lipinski definition) is 0. The van der Waals surface area contributed by atoms with E-state index in [4.69, 9.17) is 4.74 Å². The summed E-state index contributed by atoms with van der Waals surface area (Å²) in [5, 5.41) is 0. The highest BCUT2D eigenvalue weighted by Crippen LogP contribution is 2.28. The molecular weight excluding hydrogens is 403 g/mol. The van der Waals surface area contributed by atoms with Crippen LogP contribution in [0.15, 0.2) is 41.8 Å². The van der Waals surface area contributed by atoms with Crippen molar-refractivity contribution in [2.24, 2.45) is 0 Å². The van der Waals surface area contributed by atoms with Crippen LogP contribution in [-0.2, 0) is 14.8 Å². The van der Waals surface area contributed by atoms with Gasteiger partial charge in [0.1, 0.15) is 5.82 Å². The van der Waals surface area contributed by atoms with Crippen LogP contribution in [0.1, 0.15) is 51.4 Å². The third-order valence-corrected chi connectivity index (χ3v) is 7.80. The predicted molar refractivity (Wildman–Crippen MR) is 120 cm³/mol. The Morgan fingerprint density at radius 1 is 1.07 bits per heavy atom. The lowest BCUT2D eigenvalue weighted by atomic mass is 9.93. The Balaban J connectivity index is 1.64. The highest BCUT2D eigenvalue weighted by molar-refractivity contribution is 7.89. The molecule has 170 valence electrons. The van der Waals surface area contributed by atoms with E-state index in [9.17, 15) is 12.8 Å². The minimum absolute atomic E-state index is 0.0348. The van der Waals surface area contributed by atoms with Crippen LogP contribution in [0, 0.1) is 5.82 Å². The molecule has 0 spiro atoms. The summed E-state index contributed by atoms with van der Waals surface area (Å²) in [6, 6.07) is 4.99. The molecule has 1 aromatic carbocycles. The molecule has 1 fully saturated rings. The van der Waals surface area contributed by atoms with Crippen LogP contribution in [0.3, 0.4) is 0 Å². The van der Waals surface area contributed by atoms with Gasteiger partial charge in [-0.05, 0) is 76.4 Å². The Bertz CT molecular complexity index is 731. The summed E-state index contributed by atoms with van der Waals surface area (Å²) in [5.74, 6) is -0.436. The van der Waals surface area contributed by atoms with E-state index in [1.807, 2.05) is 6.08 Å². The lowest BCUT2D eigenvalue weighted by molar-refractivity contribution is 0.0156. The molecule has 0 saturated heterocycles. The van der Waals surface area contributed by atoms with Crippen LogP contribution in [0.5, 0.6) is 0 Å². The fourth-order valence-corrected chi connectivity index (χ4v) is 5.36. The second-order valence-electron chi connectivity index (χ2n) is 8.24. The van der Waals surface area contributed by atoms with Gasteiger partial charge in [-0.25, -0.2) is 12.8 Å². The van der Waals surface area contributed by atoms with Crippen LogP contribution in [0.25, 0.3) is 0 Å². The predicted octanol–water partition coefficient (Wildman–Crippen LogP) is 4.45. The number of unbranched alkanes of at least 4 members (excludes halogenated alkanes) is 3. The van der Waals surface area contributed by atoms with Gasteiger partial charge in [-0.2, -0.15) is 4.31 Å². The van der Waals surface area contributed by atoms with Gasteiger partial charge in [0.2, 0.25) is 10.0 Å². The summed E-state index contributed by atoms with van der Waals surface area (Å²) in [4.78, 5) is 2.41. The van der Waals surface area contributed by atoms with E-state index in [1.54, 1.807) is 7.05 Å². The fourth-order valence-electron chi connectivity index (χ4n) is 3.94. The first-order chi connectivity index (χ1) is 14.3. The summed E-state index contributed by atoms with van der Waals surface area (Å²) < 4.78 is 46.1. The van der Waals surface area contributed by atoms with E-state index < -0.39 is 15.8 Å². The molecule has 0 heterocycles. The first kappa shape index (κ1) is 25.0. The first-order valence-corrected chi connectivity index (χ1v) is 12.4. The SMILES string of the molecule is C=CCN(C)CCCCCCO[C@H]1CC[C@H](N(C)S(=O)(=O)c2ccc(F)cc2)CC1. The van der Waals surface area contributed by atoms with Crippen LogP contribution in [0.2, 0.25) is 0 Å². The topological polar surface area (TPSA) is 49.9 Å². The Labute approximate surface area is 181 Å². The van der Waals surface area contributed by atoms with E-state index in [1.165, 1.54) is 47.8 Å². The normalized spacial score (nSPS) is 20.0. The third-order valence-electron chi connectivity index (χ3n) is 5.88. The molecule has 7 heteroatoms. The number of hydrogen-bond acceptors (Lipinski definition) is 4. The van der Waals surface area contributed by atoms with Gasteiger partial charge in [-0.15, -0.1) is 6.58 Å². The number of rotatable bonds is 13. The summed E-state index contributed by atoms with van der Waals surface area (Å²) in [6.45, 7) is 6.57. The highest BCUT2D eigenvalue weighted by Gasteiger charge is 2.31. The molecule has 0 amide bonds. The molecular formula is C23H37FN2O3S. The van der Waals surface area contributed by atoms with Crippen molar-refractivity contribution in [3.63, 3.8) is 0 Å². The van der Waals surface area contributed by atoms with Gasteiger partial charge in [-0.3, -0.25) is 0 Å². The first-order valence-electron chi connectivity index (χ1n) is 11.0. The smallest absolute Gasteiger partial charge is 0.243 e. The zero-order valence-corrected chi connectivity index (χ0v) is 19.2. The van der Waals surface area contributed by atoms with Gasteiger partial charge in [0.05, 0.1) is 11.0 Å². The maximum atomic E-state index is 13.1. The number of halogens is 1. The Hall–Kier alpha value is -1.28.